The predicted molar refractivity (Wildman–Crippen MR) is 102 cm³/mol. The lowest BCUT2D eigenvalue weighted by atomic mass is 10.2. The van der Waals surface area contributed by atoms with E-state index in [0.29, 0.717) is 0 Å². The molecule has 3 aromatic carbocycles. The van der Waals surface area contributed by atoms with E-state index in [0.717, 1.165) is 22.8 Å². The molecule has 0 radical (unpaired) electrons. The van der Waals surface area contributed by atoms with Crippen LogP contribution in [0.25, 0.3) is 22.8 Å². The van der Waals surface area contributed by atoms with E-state index in [2.05, 4.69) is 5.10 Å². The van der Waals surface area contributed by atoms with Crippen molar-refractivity contribution >= 4 is 5.97 Å². The van der Waals surface area contributed by atoms with Gasteiger partial charge in [-0.2, -0.15) is 4.57 Å². The Morgan fingerprint density at radius 1 is 0.852 bits per heavy atom. The van der Waals surface area contributed by atoms with Gasteiger partial charge < -0.3 is 4.74 Å². The number of rotatable bonds is 4. The molecular weight excluding hydrogens is 338 g/mol. The van der Waals surface area contributed by atoms with Gasteiger partial charge in [0.15, 0.2) is 0 Å². The van der Waals surface area contributed by atoms with Gasteiger partial charge in [-0.05, 0) is 36.4 Å². The highest BCUT2D eigenvalue weighted by atomic mass is 16.5. The van der Waals surface area contributed by atoms with Gasteiger partial charge in [-0.1, -0.05) is 59.3 Å². The van der Waals surface area contributed by atoms with Gasteiger partial charge in [0, 0.05) is 0 Å². The topological polar surface area (TPSA) is 48.0 Å². The Balaban J connectivity index is 2.09. The molecule has 0 amide bonds. The van der Waals surface area contributed by atoms with Crippen molar-refractivity contribution in [2.24, 2.45) is 0 Å². The first-order valence-electron chi connectivity index (χ1n) is 8.59. The molecule has 0 N–H and O–H groups in total. The zero-order chi connectivity index (χ0) is 18.6. The first kappa shape index (κ1) is 16.7. The van der Waals surface area contributed by atoms with Gasteiger partial charge in [-0.3, -0.25) is 0 Å². The van der Waals surface area contributed by atoms with Crippen molar-refractivity contribution < 1.29 is 14.1 Å². The summed E-state index contributed by atoms with van der Waals surface area (Å²) >= 11 is 0. The lowest BCUT2D eigenvalue weighted by Gasteiger charge is -2.05. The summed E-state index contributed by atoms with van der Waals surface area (Å²) in [5, 5.41) is 4.61. The summed E-state index contributed by atoms with van der Waals surface area (Å²) in [6.45, 7) is 0. The molecule has 0 aliphatic carbocycles. The Labute approximate surface area is 157 Å². The minimum absolute atomic E-state index is 0.214. The van der Waals surface area contributed by atoms with Crippen LogP contribution in [-0.4, -0.2) is 22.9 Å². The number of methoxy groups -OCH3 is 1. The fourth-order valence-electron chi connectivity index (χ4n) is 3.01. The number of hydrogen-bond donors (Lipinski definition) is 0. The van der Waals surface area contributed by atoms with E-state index < -0.39 is 5.97 Å². The van der Waals surface area contributed by atoms with Gasteiger partial charge in [0.2, 0.25) is 0 Å². The highest BCUT2D eigenvalue weighted by molar-refractivity contribution is 5.84. The second-order valence-corrected chi connectivity index (χ2v) is 5.92. The molecule has 0 spiro atoms. The summed E-state index contributed by atoms with van der Waals surface area (Å²) in [5.41, 5.74) is 2.63. The number of esters is 1. The highest BCUT2D eigenvalue weighted by Gasteiger charge is 2.34. The molecular formula is C22H18N3O2+. The van der Waals surface area contributed by atoms with Crippen molar-refractivity contribution in [3.05, 3.63) is 96.8 Å². The monoisotopic (exact) mass is 356 g/mol. The number of aromatic nitrogens is 3. The first-order chi connectivity index (χ1) is 13.3. The molecule has 0 aliphatic heterocycles. The maximum absolute atomic E-state index is 12.5. The summed E-state index contributed by atoms with van der Waals surface area (Å²) in [5.74, 6) is 0.491. The molecule has 0 unspecified atom stereocenters. The lowest BCUT2D eigenvalue weighted by molar-refractivity contribution is -0.587. The van der Waals surface area contributed by atoms with E-state index in [1.54, 1.807) is 4.68 Å². The number of carbonyl (C=O) groups excluding carboxylic acids is 1. The molecule has 27 heavy (non-hydrogen) atoms. The van der Waals surface area contributed by atoms with Crippen LogP contribution in [0.5, 0.6) is 0 Å². The third-order valence-electron chi connectivity index (χ3n) is 4.23. The van der Waals surface area contributed by atoms with Gasteiger partial charge in [0.1, 0.15) is 11.4 Å². The fourth-order valence-corrected chi connectivity index (χ4v) is 3.01. The molecule has 5 heteroatoms. The Morgan fingerprint density at radius 2 is 1.41 bits per heavy atom. The Hall–Kier alpha value is -3.73. The van der Waals surface area contributed by atoms with Crippen LogP contribution < -0.4 is 4.57 Å². The van der Waals surface area contributed by atoms with Gasteiger partial charge >= 0.3 is 11.8 Å². The van der Waals surface area contributed by atoms with Crippen molar-refractivity contribution in [2.75, 3.05) is 7.11 Å². The molecule has 1 aromatic heterocycles. The number of benzene rings is 3. The number of ether oxygens (including phenoxy) is 1. The summed E-state index contributed by atoms with van der Waals surface area (Å²) in [7, 11) is 1.36. The second kappa shape index (κ2) is 7.25. The van der Waals surface area contributed by atoms with E-state index in [4.69, 9.17) is 4.74 Å². The van der Waals surface area contributed by atoms with Crippen LogP contribution in [0.4, 0.5) is 0 Å². The lowest BCUT2D eigenvalue weighted by Crippen LogP contribution is -2.38. The zero-order valence-electron chi connectivity index (χ0n) is 14.8. The number of nitrogens with zero attached hydrogens (tertiary/aromatic N) is 3. The minimum atomic E-state index is -0.495. The summed E-state index contributed by atoms with van der Waals surface area (Å²) < 4.78 is 8.60. The predicted octanol–water partition coefficient (Wildman–Crippen LogP) is 3.60. The van der Waals surface area contributed by atoms with Crippen molar-refractivity contribution in [1.29, 1.82) is 0 Å². The van der Waals surface area contributed by atoms with Crippen LogP contribution in [0.15, 0.2) is 91.0 Å². The number of para-hydroxylation sites is 2. The number of hydrogen-bond acceptors (Lipinski definition) is 3. The molecule has 4 aromatic rings. The molecule has 1 heterocycles. The molecule has 0 bridgehead atoms. The molecule has 4 rings (SSSR count). The third-order valence-corrected chi connectivity index (χ3v) is 4.23. The van der Waals surface area contributed by atoms with Gasteiger partial charge in [-0.15, -0.1) is 0 Å². The molecule has 132 valence electrons. The molecule has 5 nitrogen and oxygen atoms in total. The van der Waals surface area contributed by atoms with Crippen molar-refractivity contribution in [2.45, 2.75) is 0 Å². The second-order valence-electron chi connectivity index (χ2n) is 5.92. The van der Waals surface area contributed by atoms with Gasteiger partial charge in [0.05, 0.1) is 17.8 Å². The minimum Gasteiger partial charge on any atom is -0.461 e. The normalized spacial score (nSPS) is 10.6. The van der Waals surface area contributed by atoms with E-state index in [1.807, 2.05) is 95.6 Å². The summed E-state index contributed by atoms with van der Waals surface area (Å²) in [6.07, 6.45) is 0. The van der Waals surface area contributed by atoms with Crippen molar-refractivity contribution in [3.63, 3.8) is 0 Å². The maximum atomic E-state index is 12.5. The maximum Gasteiger partial charge on any atom is 0.412 e. The Morgan fingerprint density at radius 3 is 2.00 bits per heavy atom. The van der Waals surface area contributed by atoms with E-state index in [9.17, 15) is 4.79 Å². The van der Waals surface area contributed by atoms with Crippen LogP contribution in [0.3, 0.4) is 0 Å². The molecule has 0 saturated carbocycles. The SMILES string of the molecule is COC(=O)c1nn(-c2ccccc2)c(-c2ccccc2)[n+]1-c1ccccc1. The van der Waals surface area contributed by atoms with E-state index >= 15 is 0 Å². The summed E-state index contributed by atoms with van der Waals surface area (Å²) in [4.78, 5) is 12.5. The third kappa shape index (κ3) is 3.11. The van der Waals surface area contributed by atoms with Crippen LogP contribution in [0, 0.1) is 0 Å². The van der Waals surface area contributed by atoms with Crippen molar-refractivity contribution in [3.8, 4) is 22.8 Å². The highest BCUT2D eigenvalue weighted by Crippen LogP contribution is 2.22. The van der Waals surface area contributed by atoms with E-state index in [-0.39, 0.29) is 5.82 Å². The smallest absolute Gasteiger partial charge is 0.412 e. The zero-order valence-corrected chi connectivity index (χ0v) is 14.8. The largest absolute Gasteiger partial charge is 0.461 e. The van der Waals surface area contributed by atoms with Crippen molar-refractivity contribution in [1.82, 2.24) is 9.78 Å². The fraction of sp³-hybridized carbons (Fsp3) is 0.0455. The first-order valence-corrected chi connectivity index (χ1v) is 8.59. The van der Waals surface area contributed by atoms with Crippen LogP contribution in [-0.2, 0) is 4.74 Å². The quantitative estimate of drug-likeness (QED) is 0.415. The van der Waals surface area contributed by atoms with Gasteiger partial charge in [-0.25, -0.2) is 4.79 Å². The number of carbonyl (C=O) groups is 1. The average molecular weight is 356 g/mol. The Bertz CT molecular complexity index is 1060. The van der Waals surface area contributed by atoms with E-state index in [1.165, 1.54) is 7.11 Å². The average Bonchev–Trinajstić information content (AvgIpc) is 3.16. The van der Waals surface area contributed by atoms with Crippen LogP contribution in [0.2, 0.25) is 0 Å². The molecule has 0 saturated heterocycles. The Kier molecular flexibility index (Phi) is 4.49. The van der Waals surface area contributed by atoms with Crippen LogP contribution >= 0.6 is 0 Å². The molecule has 0 atom stereocenters. The van der Waals surface area contributed by atoms with Gasteiger partial charge in [0.25, 0.3) is 5.82 Å². The molecule has 0 aliphatic rings. The molecule has 0 fully saturated rings. The standard InChI is InChI=1S/C22H18N3O2/c1-27-22(26)20-23-25(19-15-9-4-10-16-19)21(17-11-5-2-6-12-17)24(20)18-13-7-3-8-14-18/h2-16H,1H3/q+1. The summed E-state index contributed by atoms with van der Waals surface area (Å²) in [6, 6.07) is 29.3. The van der Waals surface area contributed by atoms with Crippen LogP contribution in [0.1, 0.15) is 10.6 Å².